The van der Waals surface area contributed by atoms with Crippen LogP contribution in [0.4, 0.5) is 9.80 Å². The maximum atomic E-state index is 12.2. The SMILES string of the molecule is CC(C)(C)OC(=O)Nc1sc2cccc(B3OC(C)(C)C(C)(C)O3)c2c1C#N. The highest BCUT2D eigenvalue weighted by Gasteiger charge is 2.52. The largest absolute Gasteiger partial charge is 0.495 e. The van der Waals surface area contributed by atoms with Gasteiger partial charge in [-0.3, -0.25) is 5.32 Å². The molecular weight excluding hydrogens is 375 g/mol. The van der Waals surface area contributed by atoms with E-state index in [2.05, 4.69) is 11.4 Å². The molecule has 1 aliphatic rings. The zero-order chi connectivity index (χ0) is 20.9. The molecule has 0 saturated carbocycles. The smallest absolute Gasteiger partial charge is 0.444 e. The Morgan fingerprint density at radius 2 is 1.82 bits per heavy atom. The van der Waals surface area contributed by atoms with E-state index in [0.717, 1.165) is 15.5 Å². The van der Waals surface area contributed by atoms with Crippen LogP contribution in [0.25, 0.3) is 10.1 Å². The zero-order valence-electron chi connectivity index (χ0n) is 17.3. The predicted molar refractivity (Wildman–Crippen MR) is 112 cm³/mol. The molecule has 3 rings (SSSR count). The molecular formula is C20H25BN2O4S. The van der Waals surface area contributed by atoms with Gasteiger partial charge < -0.3 is 14.0 Å². The van der Waals surface area contributed by atoms with Crippen molar-refractivity contribution < 1.29 is 18.8 Å². The van der Waals surface area contributed by atoms with Crippen molar-refractivity contribution in [3.8, 4) is 6.07 Å². The van der Waals surface area contributed by atoms with Gasteiger partial charge in [0.2, 0.25) is 0 Å². The normalized spacial score (nSPS) is 18.1. The number of fused-ring (bicyclic) bond motifs is 1. The monoisotopic (exact) mass is 400 g/mol. The van der Waals surface area contributed by atoms with Crippen LogP contribution in [0.5, 0.6) is 0 Å². The minimum absolute atomic E-state index is 0.385. The van der Waals surface area contributed by atoms with Gasteiger partial charge in [0, 0.05) is 10.1 Å². The van der Waals surface area contributed by atoms with Crippen LogP contribution in [0.3, 0.4) is 0 Å². The van der Waals surface area contributed by atoms with Gasteiger partial charge in [-0.15, -0.1) is 11.3 Å². The lowest BCUT2D eigenvalue weighted by molar-refractivity contribution is 0.00578. The fraction of sp³-hybridized carbons (Fsp3) is 0.500. The summed E-state index contributed by atoms with van der Waals surface area (Å²) in [6.45, 7) is 13.3. The van der Waals surface area contributed by atoms with Gasteiger partial charge in [-0.2, -0.15) is 5.26 Å². The summed E-state index contributed by atoms with van der Waals surface area (Å²) in [5.41, 5.74) is -0.431. The van der Waals surface area contributed by atoms with Gasteiger partial charge in [0.1, 0.15) is 16.7 Å². The van der Waals surface area contributed by atoms with E-state index in [1.807, 2.05) is 45.9 Å². The van der Waals surface area contributed by atoms with Crippen LogP contribution in [0.1, 0.15) is 54.0 Å². The molecule has 1 saturated heterocycles. The second-order valence-corrected chi connectivity index (χ2v) is 9.91. The van der Waals surface area contributed by atoms with Crippen LogP contribution in [0.15, 0.2) is 18.2 Å². The Labute approximate surface area is 169 Å². The van der Waals surface area contributed by atoms with Crippen LogP contribution in [-0.2, 0) is 14.0 Å². The lowest BCUT2D eigenvalue weighted by Crippen LogP contribution is -2.41. The molecule has 0 aliphatic carbocycles. The average molecular weight is 400 g/mol. The van der Waals surface area contributed by atoms with Crippen LogP contribution in [-0.4, -0.2) is 30.0 Å². The van der Waals surface area contributed by atoms with Crippen molar-refractivity contribution in [3.05, 3.63) is 23.8 Å². The van der Waals surface area contributed by atoms with Crippen molar-refractivity contribution in [1.82, 2.24) is 0 Å². The van der Waals surface area contributed by atoms with E-state index in [9.17, 15) is 10.1 Å². The van der Waals surface area contributed by atoms with Crippen molar-refractivity contribution in [2.75, 3.05) is 5.32 Å². The molecule has 1 aromatic carbocycles. The lowest BCUT2D eigenvalue weighted by atomic mass is 9.76. The standard InChI is InChI=1S/C20H25BN2O4S/c1-18(2,3)25-17(24)23-16-12(11-22)15-13(9-8-10-14(15)28-16)21-26-19(4,5)20(6,7)27-21/h8-10H,1-7H3,(H,23,24). The summed E-state index contributed by atoms with van der Waals surface area (Å²) in [6.07, 6.45) is -0.590. The molecule has 0 unspecified atom stereocenters. The molecule has 2 heterocycles. The van der Waals surface area contributed by atoms with Gasteiger partial charge >= 0.3 is 13.2 Å². The topological polar surface area (TPSA) is 80.6 Å². The van der Waals surface area contributed by atoms with E-state index >= 15 is 0 Å². The van der Waals surface area contributed by atoms with E-state index in [4.69, 9.17) is 14.0 Å². The van der Waals surface area contributed by atoms with Crippen LogP contribution in [0.2, 0.25) is 0 Å². The van der Waals surface area contributed by atoms with Crippen LogP contribution < -0.4 is 10.8 Å². The lowest BCUT2D eigenvalue weighted by Gasteiger charge is -2.32. The van der Waals surface area contributed by atoms with Gasteiger partial charge in [0.15, 0.2) is 0 Å². The number of carbonyl (C=O) groups excluding carboxylic acids is 1. The Bertz CT molecular complexity index is 953. The highest BCUT2D eigenvalue weighted by molar-refractivity contribution is 7.23. The van der Waals surface area contributed by atoms with E-state index < -0.39 is 30.0 Å². The number of carbonyl (C=O) groups is 1. The van der Waals surface area contributed by atoms with Crippen molar-refractivity contribution in [2.45, 2.75) is 65.3 Å². The van der Waals surface area contributed by atoms with Gasteiger partial charge in [0.25, 0.3) is 0 Å². The van der Waals surface area contributed by atoms with Crippen molar-refractivity contribution in [2.24, 2.45) is 0 Å². The van der Waals surface area contributed by atoms with Gasteiger partial charge in [0.05, 0.1) is 16.8 Å². The molecule has 148 valence electrons. The summed E-state index contributed by atoms with van der Waals surface area (Å²) in [7, 11) is -0.593. The molecule has 6 nitrogen and oxygen atoms in total. The molecule has 1 aliphatic heterocycles. The summed E-state index contributed by atoms with van der Waals surface area (Å²) in [4.78, 5) is 12.2. The van der Waals surface area contributed by atoms with Gasteiger partial charge in [-0.25, -0.2) is 4.79 Å². The highest BCUT2D eigenvalue weighted by atomic mass is 32.1. The molecule has 0 atom stereocenters. The first-order valence-electron chi connectivity index (χ1n) is 9.16. The van der Waals surface area contributed by atoms with Crippen molar-refractivity contribution >= 4 is 45.1 Å². The molecule has 8 heteroatoms. The van der Waals surface area contributed by atoms with E-state index in [0.29, 0.717) is 10.6 Å². The van der Waals surface area contributed by atoms with Gasteiger partial charge in [-0.1, -0.05) is 12.1 Å². The summed E-state index contributed by atoms with van der Waals surface area (Å²) in [6, 6.07) is 7.93. The third-order valence-electron chi connectivity index (χ3n) is 4.98. The summed E-state index contributed by atoms with van der Waals surface area (Å²) in [5, 5.41) is 13.7. The van der Waals surface area contributed by atoms with Crippen LogP contribution >= 0.6 is 11.3 Å². The average Bonchev–Trinajstić information content (AvgIpc) is 2.98. The summed E-state index contributed by atoms with van der Waals surface area (Å²) in [5.74, 6) is 0. The Kier molecular flexibility index (Phi) is 4.99. The minimum atomic E-state index is -0.624. The molecule has 1 N–H and O–H groups in total. The van der Waals surface area contributed by atoms with Crippen LogP contribution in [0, 0.1) is 11.3 Å². The number of rotatable bonds is 2. The number of hydrogen-bond acceptors (Lipinski definition) is 6. The number of benzene rings is 1. The first-order valence-corrected chi connectivity index (χ1v) is 9.97. The van der Waals surface area contributed by atoms with Crippen molar-refractivity contribution in [1.29, 1.82) is 5.26 Å². The number of ether oxygens (including phenoxy) is 1. The van der Waals surface area contributed by atoms with Gasteiger partial charge in [-0.05, 0) is 60.0 Å². The zero-order valence-corrected chi connectivity index (χ0v) is 18.1. The minimum Gasteiger partial charge on any atom is -0.444 e. The number of thiophene rings is 1. The first kappa shape index (κ1) is 20.7. The quantitative estimate of drug-likeness (QED) is 0.755. The summed E-state index contributed by atoms with van der Waals surface area (Å²) >= 11 is 1.33. The fourth-order valence-corrected chi connectivity index (χ4v) is 4.01. The number of anilines is 1. The molecule has 1 amide bonds. The first-order chi connectivity index (χ1) is 12.8. The third kappa shape index (κ3) is 3.75. The summed E-state index contributed by atoms with van der Waals surface area (Å²) < 4.78 is 18.5. The molecule has 1 fully saturated rings. The number of hydrogen-bond donors (Lipinski definition) is 1. The number of nitrogens with zero attached hydrogens (tertiary/aromatic N) is 1. The molecule has 2 aromatic rings. The van der Waals surface area contributed by atoms with E-state index in [-0.39, 0.29) is 0 Å². The molecule has 0 radical (unpaired) electrons. The van der Waals surface area contributed by atoms with Crippen molar-refractivity contribution in [3.63, 3.8) is 0 Å². The third-order valence-corrected chi connectivity index (χ3v) is 6.05. The number of nitriles is 1. The molecule has 1 aromatic heterocycles. The Hall–Kier alpha value is -2.08. The van der Waals surface area contributed by atoms with E-state index in [1.165, 1.54) is 11.3 Å². The molecule has 0 bridgehead atoms. The van der Waals surface area contributed by atoms with E-state index in [1.54, 1.807) is 20.8 Å². The Balaban J connectivity index is 2.03. The Morgan fingerprint density at radius 3 is 2.36 bits per heavy atom. The number of amides is 1. The maximum Gasteiger partial charge on any atom is 0.495 e. The molecule has 0 spiro atoms. The molecule has 28 heavy (non-hydrogen) atoms. The Morgan fingerprint density at radius 1 is 1.21 bits per heavy atom. The highest BCUT2D eigenvalue weighted by Crippen LogP contribution is 2.39. The predicted octanol–water partition coefficient (Wildman–Crippen LogP) is 4.42. The second-order valence-electron chi connectivity index (χ2n) is 8.85. The second kappa shape index (κ2) is 6.76. The number of nitrogens with one attached hydrogen (secondary N) is 1. The maximum absolute atomic E-state index is 12.2. The fourth-order valence-electron chi connectivity index (χ4n) is 2.93.